The molecule has 0 spiro atoms. The highest BCUT2D eigenvalue weighted by Gasteiger charge is 2.06. The first kappa shape index (κ1) is 14.5. The molecule has 0 bridgehead atoms. The molecule has 0 saturated carbocycles. The summed E-state index contributed by atoms with van der Waals surface area (Å²) in [6, 6.07) is 10.3. The summed E-state index contributed by atoms with van der Waals surface area (Å²) in [6.45, 7) is 6.69. The van der Waals surface area contributed by atoms with E-state index in [0.717, 1.165) is 25.3 Å². The highest BCUT2D eigenvalue weighted by Crippen LogP contribution is 2.23. The van der Waals surface area contributed by atoms with Crippen LogP contribution in [0.1, 0.15) is 23.6 Å². The van der Waals surface area contributed by atoms with E-state index < -0.39 is 0 Å². The molecule has 1 aromatic heterocycles. The number of ether oxygens (including phenoxy) is 1. The fourth-order valence-corrected chi connectivity index (χ4v) is 2.14. The molecule has 1 heterocycles. The third kappa shape index (κ3) is 4.07. The van der Waals surface area contributed by atoms with Gasteiger partial charge < -0.3 is 10.1 Å². The van der Waals surface area contributed by atoms with Crippen molar-refractivity contribution in [2.45, 2.75) is 26.8 Å². The third-order valence-corrected chi connectivity index (χ3v) is 3.22. The number of hydrogen-bond acceptors (Lipinski definition) is 3. The maximum atomic E-state index is 6.00. The van der Waals surface area contributed by atoms with E-state index in [-0.39, 0.29) is 0 Å². The second-order valence-electron chi connectivity index (χ2n) is 4.80. The van der Waals surface area contributed by atoms with Gasteiger partial charge in [0.05, 0.1) is 6.61 Å². The Labute approximate surface area is 121 Å². The number of rotatable bonds is 7. The molecule has 106 valence electrons. The molecule has 2 rings (SSSR count). The Kier molecular flexibility index (Phi) is 5.56. The van der Waals surface area contributed by atoms with Crippen molar-refractivity contribution in [2.24, 2.45) is 0 Å². The molecule has 0 aliphatic rings. The molecule has 0 amide bonds. The Morgan fingerprint density at radius 2 is 2.10 bits per heavy atom. The molecule has 0 aliphatic heterocycles. The van der Waals surface area contributed by atoms with E-state index in [9.17, 15) is 0 Å². The smallest absolute Gasteiger partial charge is 0.126 e. The number of nitrogens with one attached hydrogen (secondary N) is 1. The zero-order valence-electron chi connectivity index (χ0n) is 12.2. The molecule has 0 atom stereocenters. The number of para-hydroxylation sites is 1. The van der Waals surface area contributed by atoms with Gasteiger partial charge in [0, 0.05) is 30.9 Å². The lowest BCUT2D eigenvalue weighted by Crippen LogP contribution is -2.14. The van der Waals surface area contributed by atoms with Crippen molar-refractivity contribution in [3.05, 3.63) is 59.4 Å². The van der Waals surface area contributed by atoms with Crippen LogP contribution in [0, 0.1) is 6.92 Å². The van der Waals surface area contributed by atoms with Gasteiger partial charge in [0.2, 0.25) is 0 Å². The van der Waals surface area contributed by atoms with E-state index in [0.29, 0.717) is 6.61 Å². The molecule has 1 aromatic carbocycles. The number of benzene rings is 1. The minimum atomic E-state index is 0.676. The summed E-state index contributed by atoms with van der Waals surface area (Å²) in [4.78, 5) is 4.12. The molecule has 0 fully saturated rings. The average Bonchev–Trinajstić information content (AvgIpc) is 2.48. The molecule has 3 heteroatoms. The van der Waals surface area contributed by atoms with Gasteiger partial charge in [0.1, 0.15) is 5.75 Å². The Hall–Kier alpha value is -1.87. The van der Waals surface area contributed by atoms with Crippen LogP contribution in [0.15, 0.2) is 42.7 Å². The van der Waals surface area contributed by atoms with E-state index in [4.69, 9.17) is 4.74 Å². The normalized spacial score (nSPS) is 10.5. The summed E-state index contributed by atoms with van der Waals surface area (Å²) in [5.74, 6) is 1.01. The van der Waals surface area contributed by atoms with Crippen molar-refractivity contribution in [1.82, 2.24) is 10.3 Å². The van der Waals surface area contributed by atoms with E-state index in [2.05, 4.69) is 48.4 Å². The largest absolute Gasteiger partial charge is 0.493 e. The van der Waals surface area contributed by atoms with E-state index in [1.165, 1.54) is 16.7 Å². The molecule has 0 saturated heterocycles. The predicted molar refractivity (Wildman–Crippen MR) is 82.0 cm³/mol. The second kappa shape index (κ2) is 7.65. The number of pyridine rings is 1. The molecule has 0 unspecified atom stereocenters. The highest BCUT2D eigenvalue weighted by molar-refractivity contribution is 5.40. The minimum absolute atomic E-state index is 0.676. The lowest BCUT2D eigenvalue weighted by molar-refractivity contribution is 0.315. The molecule has 20 heavy (non-hydrogen) atoms. The summed E-state index contributed by atoms with van der Waals surface area (Å²) in [5.41, 5.74) is 3.61. The third-order valence-electron chi connectivity index (χ3n) is 3.22. The van der Waals surface area contributed by atoms with Crippen LogP contribution in [-0.2, 0) is 13.0 Å². The summed E-state index contributed by atoms with van der Waals surface area (Å²) in [7, 11) is 0. The van der Waals surface area contributed by atoms with Gasteiger partial charge in [0.15, 0.2) is 0 Å². The SMILES string of the molecule is CCNCc1cccc(C)c1OCCc1cccnc1. The van der Waals surface area contributed by atoms with Crippen LogP contribution in [-0.4, -0.2) is 18.1 Å². The van der Waals surface area contributed by atoms with Gasteiger partial charge in [-0.3, -0.25) is 4.98 Å². The van der Waals surface area contributed by atoms with Crippen molar-refractivity contribution in [1.29, 1.82) is 0 Å². The first-order chi connectivity index (χ1) is 9.81. The summed E-state index contributed by atoms with van der Waals surface area (Å²) in [6.07, 6.45) is 4.56. The quantitative estimate of drug-likeness (QED) is 0.839. The van der Waals surface area contributed by atoms with Gasteiger partial charge in [-0.1, -0.05) is 31.2 Å². The van der Waals surface area contributed by atoms with Crippen molar-refractivity contribution >= 4 is 0 Å². The maximum absolute atomic E-state index is 6.00. The van der Waals surface area contributed by atoms with Gasteiger partial charge in [-0.25, -0.2) is 0 Å². The van der Waals surface area contributed by atoms with Crippen LogP contribution in [0.2, 0.25) is 0 Å². The number of nitrogens with zero attached hydrogens (tertiary/aromatic N) is 1. The lowest BCUT2D eigenvalue weighted by Gasteiger charge is -2.14. The molecule has 2 aromatic rings. The van der Waals surface area contributed by atoms with Gasteiger partial charge >= 0.3 is 0 Å². The van der Waals surface area contributed by atoms with Crippen LogP contribution in [0.4, 0.5) is 0 Å². The first-order valence-corrected chi connectivity index (χ1v) is 7.12. The topological polar surface area (TPSA) is 34.1 Å². The Morgan fingerprint density at radius 3 is 2.85 bits per heavy atom. The van der Waals surface area contributed by atoms with Gasteiger partial charge in [-0.2, -0.15) is 0 Å². The van der Waals surface area contributed by atoms with Crippen molar-refractivity contribution in [3.8, 4) is 5.75 Å². The predicted octanol–water partition coefficient (Wildman–Crippen LogP) is 3.12. The number of hydrogen-bond donors (Lipinski definition) is 1. The van der Waals surface area contributed by atoms with Crippen molar-refractivity contribution in [2.75, 3.05) is 13.2 Å². The summed E-state index contributed by atoms with van der Waals surface area (Å²) in [5, 5.41) is 3.35. The van der Waals surface area contributed by atoms with Gasteiger partial charge in [-0.05, 0) is 30.7 Å². The van der Waals surface area contributed by atoms with Crippen LogP contribution in [0.3, 0.4) is 0 Å². The first-order valence-electron chi connectivity index (χ1n) is 7.12. The van der Waals surface area contributed by atoms with Crippen LogP contribution >= 0.6 is 0 Å². The zero-order chi connectivity index (χ0) is 14.2. The standard InChI is InChI=1S/C17H22N2O/c1-3-18-13-16-8-4-6-14(2)17(16)20-11-9-15-7-5-10-19-12-15/h4-8,10,12,18H,3,9,11,13H2,1-2H3. The highest BCUT2D eigenvalue weighted by atomic mass is 16.5. The van der Waals surface area contributed by atoms with Crippen LogP contribution < -0.4 is 10.1 Å². The number of aryl methyl sites for hydroxylation is 1. The van der Waals surface area contributed by atoms with Crippen LogP contribution in [0.25, 0.3) is 0 Å². The minimum Gasteiger partial charge on any atom is -0.493 e. The second-order valence-corrected chi connectivity index (χ2v) is 4.80. The Morgan fingerprint density at radius 1 is 1.20 bits per heavy atom. The van der Waals surface area contributed by atoms with E-state index in [1.807, 2.05) is 12.3 Å². The molecule has 3 nitrogen and oxygen atoms in total. The van der Waals surface area contributed by atoms with Crippen LogP contribution in [0.5, 0.6) is 5.75 Å². The van der Waals surface area contributed by atoms with E-state index in [1.54, 1.807) is 6.20 Å². The van der Waals surface area contributed by atoms with Gasteiger partial charge in [0.25, 0.3) is 0 Å². The van der Waals surface area contributed by atoms with Crippen molar-refractivity contribution in [3.63, 3.8) is 0 Å². The molecule has 0 radical (unpaired) electrons. The zero-order valence-corrected chi connectivity index (χ0v) is 12.2. The molecule has 1 N–H and O–H groups in total. The summed E-state index contributed by atoms with van der Waals surface area (Å²) < 4.78 is 6.00. The van der Waals surface area contributed by atoms with E-state index >= 15 is 0 Å². The molecular formula is C17H22N2O. The average molecular weight is 270 g/mol. The fraction of sp³-hybridized carbons (Fsp3) is 0.353. The molecular weight excluding hydrogens is 248 g/mol. The van der Waals surface area contributed by atoms with Gasteiger partial charge in [-0.15, -0.1) is 0 Å². The maximum Gasteiger partial charge on any atom is 0.126 e. The number of aromatic nitrogens is 1. The molecule has 0 aliphatic carbocycles. The fourth-order valence-electron chi connectivity index (χ4n) is 2.14. The monoisotopic (exact) mass is 270 g/mol. The summed E-state index contributed by atoms with van der Waals surface area (Å²) >= 11 is 0. The Balaban J connectivity index is 1.97. The van der Waals surface area contributed by atoms with Crippen molar-refractivity contribution < 1.29 is 4.74 Å². The lowest BCUT2D eigenvalue weighted by atomic mass is 10.1. The Bertz CT molecular complexity index is 526.